The second-order valence-corrected chi connectivity index (χ2v) is 23.6. The Kier molecular flexibility index (Phi) is 13.7. The molecule has 3 aliphatic heterocycles. The number of hydrogen-bond acceptors (Lipinski definition) is 17. The van der Waals surface area contributed by atoms with Crippen LogP contribution in [0.2, 0.25) is 0 Å². The molecule has 8 rings (SSSR count). The van der Waals surface area contributed by atoms with Crippen LogP contribution in [0.1, 0.15) is 113 Å². The van der Waals surface area contributed by atoms with Crippen LogP contribution < -0.4 is 0 Å². The molecule has 18 heteroatoms. The van der Waals surface area contributed by atoms with Crippen LogP contribution in [0.25, 0.3) is 0 Å². The summed E-state index contributed by atoms with van der Waals surface area (Å²) in [5.41, 5.74) is 0.143. The van der Waals surface area contributed by atoms with Gasteiger partial charge < -0.3 is 84.6 Å². The Labute approximate surface area is 387 Å². The highest BCUT2D eigenvalue weighted by molar-refractivity contribution is 5.73. The molecule has 3 saturated heterocycles. The first-order chi connectivity index (χ1) is 30.7. The van der Waals surface area contributed by atoms with Crippen LogP contribution in [0.5, 0.6) is 0 Å². The number of fused-ring (bicyclic) bond motifs is 7. The lowest BCUT2D eigenvalue weighted by Gasteiger charge is -2.72. The normalized spacial score (nSPS) is 55.9. The van der Waals surface area contributed by atoms with Crippen molar-refractivity contribution in [2.75, 3.05) is 13.2 Å². The number of hydrogen-bond donors (Lipinski definition) is 11. The lowest BCUT2D eigenvalue weighted by atomic mass is 9.33. The number of carboxylic acid groups (broad SMARTS) is 1. The van der Waals surface area contributed by atoms with Gasteiger partial charge >= 0.3 is 5.97 Å². The smallest absolute Gasteiger partial charge is 0.335 e. The molecule has 4 saturated carbocycles. The minimum atomic E-state index is -2.03. The minimum Gasteiger partial charge on any atom is -0.479 e. The van der Waals surface area contributed by atoms with Gasteiger partial charge in [0.15, 0.2) is 25.0 Å². The van der Waals surface area contributed by atoms with Gasteiger partial charge in [-0.1, -0.05) is 60.1 Å². The van der Waals surface area contributed by atoms with Gasteiger partial charge in [0, 0.05) is 10.8 Å². The Morgan fingerprint density at radius 1 is 0.667 bits per heavy atom. The lowest BCUT2D eigenvalue weighted by molar-refractivity contribution is -0.388. The highest BCUT2D eigenvalue weighted by Gasteiger charge is 2.70. The third-order valence-corrected chi connectivity index (χ3v) is 19.5. The summed E-state index contributed by atoms with van der Waals surface area (Å²) in [6, 6.07) is 0. The molecule has 0 radical (unpaired) electrons. The van der Waals surface area contributed by atoms with Crippen molar-refractivity contribution in [2.45, 2.75) is 218 Å². The summed E-state index contributed by atoms with van der Waals surface area (Å²) in [6.07, 6.45) is -17.5. The molecule has 11 N–H and O–H groups in total. The van der Waals surface area contributed by atoms with E-state index in [1.165, 1.54) is 12.5 Å². The van der Waals surface area contributed by atoms with Gasteiger partial charge in [-0.05, 0) is 104 Å². The maximum Gasteiger partial charge on any atom is 0.335 e. The minimum absolute atomic E-state index is 0.0300. The average molecular weight is 943 g/mol. The second kappa shape index (κ2) is 17.7. The average Bonchev–Trinajstić information content (AvgIpc) is 3.25. The van der Waals surface area contributed by atoms with Gasteiger partial charge in [-0.2, -0.15) is 0 Å². The van der Waals surface area contributed by atoms with Crippen LogP contribution >= 0.6 is 0 Å². The first-order valence-electron chi connectivity index (χ1n) is 24.3. The summed E-state index contributed by atoms with van der Waals surface area (Å²) in [4.78, 5) is 12.9. The Balaban J connectivity index is 1.01. The molecule has 0 aromatic rings. The maximum absolute atomic E-state index is 12.9. The molecule has 0 unspecified atom stereocenters. The number of aliphatic carboxylic acids is 1. The van der Waals surface area contributed by atoms with E-state index in [9.17, 15) is 61.0 Å². The molecule has 0 bridgehead atoms. The quantitative estimate of drug-likeness (QED) is 0.112. The molecule has 3 heterocycles. The number of carboxylic acids is 1. The summed E-state index contributed by atoms with van der Waals surface area (Å²) in [5, 5.41) is 120. The number of aliphatic hydroxyl groups excluding tert-OH is 10. The summed E-state index contributed by atoms with van der Waals surface area (Å²) in [7, 11) is 0. The zero-order valence-corrected chi connectivity index (χ0v) is 39.7. The molecule has 8 aliphatic rings. The molecule has 25 atom stereocenters. The maximum atomic E-state index is 12.9. The van der Waals surface area contributed by atoms with E-state index < -0.39 is 116 Å². The van der Waals surface area contributed by atoms with Crippen molar-refractivity contribution < 1.29 is 89.4 Å². The fourth-order valence-electron chi connectivity index (χ4n) is 15.1. The molecule has 5 aliphatic carbocycles. The Bertz CT molecular complexity index is 1820. The van der Waals surface area contributed by atoms with Gasteiger partial charge in [-0.15, -0.1) is 0 Å². The van der Waals surface area contributed by atoms with E-state index in [4.69, 9.17) is 28.4 Å². The van der Waals surface area contributed by atoms with Crippen molar-refractivity contribution >= 4 is 5.97 Å². The van der Waals surface area contributed by atoms with Crippen molar-refractivity contribution in [1.82, 2.24) is 0 Å². The monoisotopic (exact) mass is 943 g/mol. The van der Waals surface area contributed by atoms with Crippen molar-refractivity contribution in [3.8, 4) is 0 Å². The predicted octanol–water partition coefficient (Wildman–Crippen LogP) is 0.705. The molecule has 66 heavy (non-hydrogen) atoms. The van der Waals surface area contributed by atoms with E-state index in [-0.39, 0.29) is 51.6 Å². The molecular weight excluding hydrogens is 865 g/mol. The highest BCUT2D eigenvalue weighted by Crippen LogP contribution is 2.76. The Morgan fingerprint density at radius 3 is 1.95 bits per heavy atom. The molecule has 18 nitrogen and oxygen atoms in total. The molecule has 0 aromatic carbocycles. The molecular formula is C48H78O18. The SMILES string of the molecule is C[C@@H]1O[C@@H](O[C@H]2[C@H](O[C@H]3[C@H](O)[C@@H](O)[C@H](O[C@H]4CC[C@@]5(C)[C@H](CC[C@]6(C)[C@H]5CC=C5[C@H]7CC(C)(C)C[C@@H](O)[C@]7(C)CC[C@]56C)[C@@]4(C)CO)O[C@@H]3C(=O)O)O[C@H](CO)[C@@H](O)[C@@H]2O)[C@H](O)[C@H](O)[C@H]1O. The molecule has 378 valence electrons. The van der Waals surface area contributed by atoms with E-state index >= 15 is 0 Å². The van der Waals surface area contributed by atoms with Gasteiger partial charge in [0.1, 0.15) is 61.0 Å². The fraction of sp³-hybridized carbons (Fsp3) is 0.938. The lowest BCUT2D eigenvalue weighted by Crippen LogP contribution is -2.68. The standard InChI is InChI=1S/C48H78O18/c1-21-29(52)31(54)34(57)40(61-21)65-37-32(55)30(53)24(19-49)62-42(37)64-36-33(56)35(58)41(66-38(36)39(59)60)63-28-12-13-45(5)25(46(28,6)20-50)11-14-48(8)26(45)10-9-22-23-17-43(2,3)18-27(51)44(23,4)15-16-47(22,48)7/h9,21,23-38,40-42,49-58H,10-20H2,1-8H3,(H,59,60)/t21-,23+,24+,25-,26-,27+,28-,29-,30+,31+,32-,33+,34+,35+,36-,37+,38-,40-,41+,42-,44+,45-,46+,47+,48+/m0/s1. The van der Waals surface area contributed by atoms with E-state index in [1.54, 1.807) is 0 Å². The first-order valence-corrected chi connectivity index (χ1v) is 24.3. The Morgan fingerprint density at radius 2 is 1.30 bits per heavy atom. The van der Waals surface area contributed by atoms with Crippen molar-refractivity contribution in [2.24, 2.45) is 50.2 Å². The fourth-order valence-corrected chi connectivity index (χ4v) is 15.1. The van der Waals surface area contributed by atoms with E-state index in [0.29, 0.717) is 12.3 Å². The van der Waals surface area contributed by atoms with Gasteiger partial charge in [0.2, 0.25) is 0 Å². The van der Waals surface area contributed by atoms with Crippen molar-refractivity contribution in [1.29, 1.82) is 0 Å². The van der Waals surface area contributed by atoms with E-state index in [1.807, 2.05) is 6.92 Å². The van der Waals surface area contributed by atoms with Gasteiger partial charge in [0.05, 0.1) is 31.5 Å². The van der Waals surface area contributed by atoms with E-state index in [0.717, 1.165) is 51.4 Å². The second-order valence-electron chi connectivity index (χ2n) is 23.6. The topological polar surface area (TPSA) is 295 Å². The van der Waals surface area contributed by atoms with Gasteiger partial charge in [-0.25, -0.2) is 4.79 Å². The molecule has 0 spiro atoms. The van der Waals surface area contributed by atoms with Crippen LogP contribution in [0.4, 0.5) is 0 Å². The Hall–Kier alpha value is -1.43. The predicted molar refractivity (Wildman–Crippen MR) is 231 cm³/mol. The van der Waals surface area contributed by atoms with Crippen molar-refractivity contribution in [3.05, 3.63) is 11.6 Å². The van der Waals surface area contributed by atoms with Crippen molar-refractivity contribution in [3.63, 3.8) is 0 Å². The zero-order chi connectivity index (χ0) is 48.4. The van der Waals surface area contributed by atoms with Crippen LogP contribution in [-0.4, -0.2) is 180 Å². The van der Waals surface area contributed by atoms with Gasteiger partial charge in [0.25, 0.3) is 0 Å². The van der Waals surface area contributed by atoms with Gasteiger partial charge in [-0.3, -0.25) is 0 Å². The zero-order valence-electron chi connectivity index (χ0n) is 39.7. The molecule has 7 fully saturated rings. The number of rotatable bonds is 9. The first kappa shape index (κ1) is 50.9. The van der Waals surface area contributed by atoms with Crippen LogP contribution in [0.3, 0.4) is 0 Å². The summed E-state index contributed by atoms with van der Waals surface area (Å²) in [5.74, 6) is -1.09. The number of allylic oxidation sites excluding steroid dienone is 2. The summed E-state index contributed by atoms with van der Waals surface area (Å²) >= 11 is 0. The molecule has 0 aromatic heterocycles. The third kappa shape index (κ3) is 7.78. The summed E-state index contributed by atoms with van der Waals surface area (Å²) < 4.78 is 35.4. The number of aliphatic hydroxyl groups is 10. The molecule has 0 amide bonds. The van der Waals surface area contributed by atoms with Crippen LogP contribution in [0, 0.1) is 50.2 Å². The largest absolute Gasteiger partial charge is 0.479 e. The number of carbonyl (C=O) groups is 1. The number of ether oxygens (including phenoxy) is 6. The highest BCUT2D eigenvalue weighted by atomic mass is 16.8. The third-order valence-electron chi connectivity index (χ3n) is 19.5. The van der Waals surface area contributed by atoms with E-state index in [2.05, 4.69) is 47.6 Å². The summed E-state index contributed by atoms with van der Waals surface area (Å²) in [6.45, 7) is 16.4. The van der Waals surface area contributed by atoms with Crippen LogP contribution in [0.15, 0.2) is 11.6 Å². The van der Waals surface area contributed by atoms with Crippen LogP contribution in [-0.2, 0) is 33.2 Å².